The number of benzene rings is 3. The van der Waals surface area contributed by atoms with Crippen LogP contribution in [0.3, 0.4) is 0 Å². The molecule has 0 spiro atoms. The number of aromatic nitrogens is 2. The van der Waals surface area contributed by atoms with E-state index < -0.39 is 0 Å². The molecule has 0 aliphatic carbocycles. The van der Waals surface area contributed by atoms with E-state index in [2.05, 4.69) is 15.7 Å². The highest BCUT2D eigenvalue weighted by molar-refractivity contribution is 7.80. The van der Waals surface area contributed by atoms with Gasteiger partial charge in [-0.15, -0.1) is 0 Å². The van der Waals surface area contributed by atoms with Gasteiger partial charge in [-0.2, -0.15) is 5.10 Å². The minimum atomic E-state index is -0.281. The Morgan fingerprint density at radius 3 is 2.61 bits per heavy atom. The number of thiocarbonyl (C=S) groups is 1. The fourth-order valence-corrected chi connectivity index (χ4v) is 3.36. The van der Waals surface area contributed by atoms with Crippen molar-refractivity contribution in [3.05, 3.63) is 89.3 Å². The summed E-state index contributed by atoms with van der Waals surface area (Å²) >= 11 is 11.7. The molecule has 0 saturated heterocycles. The Bertz CT molecular complexity index is 1150. The van der Waals surface area contributed by atoms with Crippen LogP contribution in [0.1, 0.15) is 5.56 Å². The molecule has 0 radical (unpaired) electrons. The van der Waals surface area contributed by atoms with Crippen LogP contribution in [0.4, 0.5) is 15.9 Å². The van der Waals surface area contributed by atoms with Gasteiger partial charge < -0.3 is 10.6 Å². The SMILES string of the molecule is Fc1ccccc1Cn1cc(Cl)c(NC(=S)Nc2cccc3ccccc23)n1. The maximum atomic E-state index is 13.8. The predicted octanol–water partition coefficient (Wildman–Crippen LogP) is 5.69. The molecule has 7 heteroatoms. The second-order valence-corrected chi connectivity index (χ2v) is 7.04. The van der Waals surface area contributed by atoms with E-state index in [4.69, 9.17) is 23.8 Å². The number of rotatable bonds is 4. The van der Waals surface area contributed by atoms with Crippen LogP contribution in [-0.4, -0.2) is 14.9 Å². The van der Waals surface area contributed by atoms with Gasteiger partial charge in [0.1, 0.15) is 10.8 Å². The summed E-state index contributed by atoms with van der Waals surface area (Å²) in [6.45, 7) is 0.275. The van der Waals surface area contributed by atoms with Gasteiger partial charge in [0.2, 0.25) is 0 Å². The molecular weight excluding hydrogens is 395 g/mol. The summed E-state index contributed by atoms with van der Waals surface area (Å²) in [4.78, 5) is 0. The van der Waals surface area contributed by atoms with Crippen LogP contribution >= 0.6 is 23.8 Å². The van der Waals surface area contributed by atoms with Crippen LogP contribution in [0, 0.1) is 5.82 Å². The number of halogens is 2. The zero-order chi connectivity index (χ0) is 19.5. The minimum Gasteiger partial charge on any atom is -0.332 e. The van der Waals surface area contributed by atoms with E-state index in [0.717, 1.165) is 16.5 Å². The number of nitrogens with zero attached hydrogens (tertiary/aromatic N) is 2. The number of fused-ring (bicyclic) bond motifs is 1. The van der Waals surface area contributed by atoms with Crippen LogP contribution in [0.25, 0.3) is 10.8 Å². The van der Waals surface area contributed by atoms with Crippen molar-refractivity contribution in [1.82, 2.24) is 9.78 Å². The van der Waals surface area contributed by atoms with E-state index in [1.807, 2.05) is 42.5 Å². The van der Waals surface area contributed by atoms with Gasteiger partial charge in [-0.1, -0.05) is 66.2 Å². The first-order valence-corrected chi connectivity index (χ1v) is 9.41. The molecule has 0 atom stereocenters. The van der Waals surface area contributed by atoms with Gasteiger partial charge in [0.25, 0.3) is 0 Å². The lowest BCUT2D eigenvalue weighted by atomic mass is 10.1. The second kappa shape index (κ2) is 7.96. The quantitative estimate of drug-likeness (QED) is 0.424. The number of hydrogen-bond acceptors (Lipinski definition) is 2. The lowest BCUT2D eigenvalue weighted by Gasteiger charge is -2.11. The van der Waals surface area contributed by atoms with Gasteiger partial charge in [0.05, 0.1) is 6.54 Å². The molecule has 4 aromatic rings. The Kier molecular flexibility index (Phi) is 5.23. The van der Waals surface area contributed by atoms with E-state index in [-0.39, 0.29) is 12.4 Å². The van der Waals surface area contributed by atoms with Crippen molar-refractivity contribution >= 4 is 51.2 Å². The molecular formula is C21H16ClFN4S. The van der Waals surface area contributed by atoms with E-state index in [9.17, 15) is 4.39 Å². The normalized spacial score (nSPS) is 10.8. The summed E-state index contributed by atoms with van der Waals surface area (Å²) in [6.07, 6.45) is 1.64. The number of hydrogen-bond donors (Lipinski definition) is 2. The highest BCUT2D eigenvalue weighted by atomic mass is 35.5. The number of anilines is 2. The van der Waals surface area contributed by atoms with Gasteiger partial charge >= 0.3 is 0 Å². The zero-order valence-electron chi connectivity index (χ0n) is 14.7. The van der Waals surface area contributed by atoms with Crippen LogP contribution in [0.5, 0.6) is 0 Å². The van der Waals surface area contributed by atoms with E-state index in [1.54, 1.807) is 29.1 Å². The molecule has 3 aromatic carbocycles. The molecule has 0 bridgehead atoms. The van der Waals surface area contributed by atoms with Crippen molar-refractivity contribution in [2.24, 2.45) is 0 Å². The second-order valence-electron chi connectivity index (χ2n) is 6.22. The molecule has 0 aliphatic rings. The first-order valence-electron chi connectivity index (χ1n) is 8.62. The van der Waals surface area contributed by atoms with Crippen LogP contribution in [0.15, 0.2) is 72.9 Å². The third-order valence-corrected chi connectivity index (χ3v) is 4.76. The van der Waals surface area contributed by atoms with E-state index in [1.165, 1.54) is 6.07 Å². The summed E-state index contributed by atoms with van der Waals surface area (Å²) in [6, 6.07) is 20.6. The fraction of sp³-hybridized carbons (Fsp3) is 0.0476. The van der Waals surface area contributed by atoms with Crippen LogP contribution < -0.4 is 10.6 Å². The standard InChI is InChI=1S/C21H16ClFN4S/c22-17-13-27(12-15-7-2-4-10-18(15)23)26-20(17)25-21(28)24-19-11-5-8-14-6-1-3-9-16(14)19/h1-11,13H,12H2,(H2,24,25,26,28). The largest absolute Gasteiger partial charge is 0.332 e. The van der Waals surface area contributed by atoms with Crippen molar-refractivity contribution in [2.75, 3.05) is 10.6 Å². The Labute approximate surface area is 171 Å². The van der Waals surface area contributed by atoms with Gasteiger partial charge in [0.15, 0.2) is 10.9 Å². The number of nitrogens with one attached hydrogen (secondary N) is 2. The van der Waals surface area contributed by atoms with Crippen LogP contribution in [-0.2, 0) is 6.54 Å². The first-order chi connectivity index (χ1) is 13.6. The highest BCUT2D eigenvalue weighted by Crippen LogP contribution is 2.24. The van der Waals surface area contributed by atoms with Crippen molar-refractivity contribution < 1.29 is 4.39 Å². The van der Waals surface area contributed by atoms with Crippen molar-refractivity contribution in [1.29, 1.82) is 0 Å². The fourth-order valence-electron chi connectivity index (χ4n) is 2.96. The lowest BCUT2D eigenvalue weighted by molar-refractivity contribution is 0.586. The molecule has 140 valence electrons. The molecule has 0 fully saturated rings. The van der Waals surface area contributed by atoms with Gasteiger partial charge in [-0.05, 0) is 29.7 Å². The molecule has 0 saturated carbocycles. The molecule has 28 heavy (non-hydrogen) atoms. The first kappa shape index (κ1) is 18.4. The maximum Gasteiger partial charge on any atom is 0.176 e. The third kappa shape index (κ3) is 3.98. The molecule has 0 aliphatic heterocycles. The maximum absolute atomic E-state index is 13.8. The summed E-state index contributed by atoms with van der Waals surface area (Å²) < 4.78 is 15.4. The average molecular weight is 411 g/mol. The zero-order valence-corrected chi connectivity index (χ0v) is 16.3. The lowest BCUT2D eigenvalue weighted by Crippen LogP contribution is -2.20. The summed E-state index contributed by atoms with van der Waals surface area (Å²) in [5.74, 6) is 0.132. The minimum absolute atomic E-state index is 0.275. The Balaban J connectivity index is 1.49. The predicted molar refractivity (Wildman–Crippen MR) is 117 cm³/mol. The molecule has 1 heterocycles. The van der Waals surface area contributed by atoms with Gasteiger partial charge in [0, 0.05) is 22.8 Å². The topological polar surface area (TPSA) is 41.9 Å². The molecule has 4 rings (SSSR count). The molecule has 2 N–H and O–H groups in total. The highest BCUT2D eigenvalue weighted by Gasteiger charge is 2.11. The van der Waals surface area contributed by atoms with Crippen molar-refractivity contribution in [2.45, 2.75) is 6.54 Å². The average Bonchev–Trinajstić information content (AvgIpc) is 3.03. The molecule has 4 nitrogen and oxygen atoms in total. The third-order valence-electron chi connectivity index (χ3n) is 4.28. The van der Waals surface area contributed by atoms with E-state index in [0.29, 0.717) is 21.5 Å². The smallest absolute Gasteiger partial charge is 0.176 e. The monoisotopic (exact) mass is 410 g/mol. The van der Waals surface area contributed by atoms with E-state index >= 15 is 0 Å². The van der Waals surface area contributed by atoms with Crippen LogP contribution in [0.2, 0.25) is 5.02 Å². The van der Waals surface area contributed by atoms with Gasteiger partial charge in [-0.25, -0.2) is 4.39 Å². The van der Waals surface area contributed by atoms with Gasteiger partial charge in [-0.3, -0.25) is 4.68 Å². The summed E-state index contributed by atoms with van der Waals surface area (Å²) in [5.41, 5.74) is 1.42. The molecule has 1 aromatic heterocycles. The summed E-state index contributed by atoms with van der Waals surface area (Å²) in [5, 5.41) is 13.5. The van der Waals surface area contributed by atoms with Crippen molar-refractivity contribution in [3.63, 3.8) is 0 Å². The Morgan fingerprint density at radius 1 is 1.00 bits per heavy atom. The Morgan fingerprint density at radius 2 is 1.75 bits per heavy atom. The molecule has 0 unspecified atom stereocenters. The molecule has 0 amide bonds. The summed E-state index contributed by atoms with van der Waals surface area (Å²) in [7, 11) is 0. The Hall–Kier alpha value is -2.96. The van der Waals surface area contributed by atoms with Crippen molar-refractivity contribution in [3.8, 4) is 0 Å².